The van der Waals surface area contributed by atoms with Crippen molar-refractivity contribution in [2.24, 2.45) is 0 Å². The molecule has 0 heterocycles. The number of anilines is 1. The van der Waals surface area contributed by atoms with Crippen LogP contribution >= 0.6 is 11.6 Å². The fraction of sp³-hybridized carbons (Fsp3) is 0.167. The zero-order valence-electron chi connectivity index (χ0n) is 13.2. The SMILES string of the molecule is COc1ccc(NC(=O)/C=C/c2ccc(C)c(Cl)c2)c(OC)c1. The number of hydrogen-bond donors (Lipinski definition) is 1. The van der Waals surface area contributed by atoms with E-state index in [1.807, 2.05) is 25.1 Å². The van der Waals surface area contributed by atoms with Crippen molar-refractivity contribution < 1.29 is 14.3 Å². The van der Waals surface area contributed by atoms with E-state index in [-0.39, 0.29) is 5.91 Å². The van der Waals surface area contributed by atoms with Crippen molar-refractivity contribution >= 4 is 29.3 Å². The third-order valence-electron chi connectivity index (χ3n) is 3.29. The zero-order valence-corrected chi connectivity index (χ0v) is 14.0. The molecule has 0 aliphatic carbocycles. The molecule has 0 atom stereocenters. The summed E-state index contributed by atoms with van der Waals surface area (Å²) in [7, 11) is 3.11. The van der Waals surface area contributed by atoms with Crippen molar-refractivity contribution in [3.63, 3.8) is 0 Å². The lowest BCUT2D eigenvalue weighted by Gasteiger charge is -2.10. The van der Waals surface area contributed by atoms with Gasteiger partial charge in [0.15, 0.2) is 0 Å². The van der Waals surface area contributed by atoms with Crippen LogP contribution in [0.2, 0.25) is 5.02 Å². The molecule has 0 bridgehead atoms. The number of hydrogen-bond acceptors (Lipinski definition) is 3. The first kappa shape index (κ1) is 16.9. The molecule has 0 spiro atoms. The Hall–Kier alpha value is -2.46. The lowest BCUT2D eigenvalue weighted by Crippen LogP contribution is -2.09. The molecule has 1 amide bonds. The minimum Gasteiger partial charge on any atom is -0.497 e. The van der Waals surface area contributed by atoms with Crippen LogP contribution in [0.5, 0.6) is 11.5 Å². The van der Waals surface area contributed by atoms with Gasteiger partial charge in [0.05, 0.1) is 19.9 Å². The number of carbonyl (C=O) groups excluding carboxylic acids is 1. The van der Waals surface area contributed by atoms with Gasteiger partial charge in [-0.3, -0.25) is 4.79 Å². The van der Waals surface area contributed by atoms with E-state index < -0.39 is 0 Å². The molecule has 5 heteroatoms. The molecule has 0 unspecified atom stereocenters. The first-order chi connectivity index (χ1) is 11.0. The Kier molecular flexibility index (Phi) is 5.66. The van der Waals surface area contributed by atoms with Crippen LogP contribution in [0, 0.1) is 6.92 Å². The second-order valence-electron chi connectivity index (χ2n) is 4.90. The minimum absolute atomic E-state index is 0.259. The maximum absolute atomic E-state index is 12.0. The summed E-state index contributed by atoms with van der Waals surface area (Å²) in [5, 5.41) is 3.44. The van der Waals surface area contributed by atoms with E-state index in [2.05, 4.69) is 5.32 Å². The quantitative estimate of drug-likeness (QED) is 0.830. The van der Waals surface area contributed by atoms with Crippen LogP contribution in [0.4, 0.5) is 5.69 Å². The molecule has 120 valence electrons. The zero-order chi connectivity index (χ0) is 16.8. The molecule has 0 aromatic heterocycles. The smallest absolute Gasteiger partial charge is 0.248 e. The van der Waals surface area contributed by atoms with Crippen LogP contribution in [0.15, 0.2) is 42.5 Å². The lowest BCUT2D eigenvalue weighted by molar-refractivity contribution is -0.111. The fourth-order valence-electron chi connectivity index (χ4n) is 1.96. The van der Waals surface area contributed by atoms with E-state index >= 15 is 0 Å². The van der Waals surface area contributed by atoms with E-state index in [1.54, 1.807) is 31.4 Å². The Morgan fingerprint density at radius 3 is 2.57 bits per heavy atom. The van der Waals surface area contributed by atoms with E-state index in [4.69, 9.17) is 21.1 Å². The Bertz CT molecular complexity index is 741. The van der Waals surface area contributed by atoms with E-state index in [0.29, 0.717) is 22.2 Å². The molecule has 0 saturated carbocycles. The minimum atomic E-state index is -0.259. The highest BCUT2D eigenvalue weighted by atomic mass is 35.5. The highest BCUT2D eigenvalue weighted by molar-refractivity contribution is 6.31. The van der Waals surface area contributed by atoms with Crippen molar-refractivity contribution in [2.45, 2.75) is 6.92 Å². The summed E-state index contributed by atoms with van der Waals surface area (Å²) in [4.78, 5) is 12.0. The van der Waals surface area contributed by atoms with Gasteiger partial charge in [-0.25, -0.2) is 0 Å². The molecule has 2 aromatic carbocycles. The van der Waals surface area contributed by atoms with Crippen LogP contribution in [-0.2, 0) is 4.79 Å². The van der Waals surface area contributed by atoms with Crippen LogP contribution in [0.25, 0.3) is 6.08 Å². The Morgan fingerprint density at radius 2 is 1.91 bits per heavy atom. The molecular formula is C18H18ClNO3. The van der Waals surface area contributed by atoms with Crippen LogP contribution < -0.4 is 14.8 Å². The van der Waals surface area contributed by atoms with Crippen molar-refractivity contribution in [3.05, 3.63) is 58.6 Å². The first-order valence-electron chi connectivity index (χ1n) is 7.00. The second kappa shape index (κ2) is 7.70. The monoisotopic (exact) mass is 331 g/mol. The third-order valence-corrected chi connectivity index (χ3v) is 3.70. The normalized spacial score (nSPS) is 10.6. The number of halogens is 1. The first-order valence-corrected chi connectivity index (χ1v) is 7.38. The molecule has 0 saturated heterocycles. The summed E-state index contributed by atoms with van der Waals surface area (Å²) in [6, 6.07) is 10.8. The predicted molar refractivity (Wildman–Crippen MR) is 93.4 cm³/mol. The van der Waals surface area contributed by atoms with E-state index in [0.717, 1.165) is 11.1 Å². The molecule has 2 rings (SSSR count). The van der Waals surface area contributed by atoms with Gasteiger partial charge in [-0.2, -0.15) is 0 Å². The second-order valence-corrected chi connectivity index (χ2v) is 5.30. The molecule has 0 aliphatic heterocycles. The standard InChI is InChI=1S/C18H18ClNO3/c1-12-4-5-13(10-15(12)19)6-9-18(21)20-16-8-7-14(22-2)11-17(16)23-3/h4-11H,1-3H3,(H,20,21)/b9-6+. The summed E-state index contributed by atoms with van der Waals surface area (Å²) < 4.78 is 10.4. The molecular weight excluding hydrogens is 314 g/mol. The van der Waals surface area contributed by atoms with Gasteiger partial charge in [0, 0.05) is 17.2 Å². The molecule has 1 N–H and O–H groups in total. The van der Waals surface area contributed by atoms with Crippen LogP contribution in [0.1, 0.15) is 11.1 Å². The number of nitrogens with one attached hydrogen (secondary N) is 1. The lowest BCUT2D eigenvalue weighted by atomic mass is 10.1. The highest BCUT2D eigenvalue weighted by Gasteiger charge is 2.07. The summed E-state index contributed by atoms with van der Waals surface area (Å²) >= 11 is 6.06. The Balaban J connectivity index is 2.10. The highest BCUT2D eigenvalue weighted by Crippen LogP contribution is 2.29. The molecule has 4 nitrogen and oxygen atoms in total. The third kappa shape index (κ3) is 4.50. The van der Waals surface area contributed by atoms with Crippen molar-refractivity contribution in [3.8, 4) is 11.5 Å². The van der Waals surface area contributed by atoms with E-state index in [9.17, 15) is 4.79 Å². The number of aryl methyl sites for hydroxylation is 1. The number of methoxy groups -OCH3 is 2. The number of amides is 1. The van der Waals surface area contributed by atoms with Gasteiger partial charge in [0.25, 0.3) is 0 Å². The fourth-order valence-corrected chi connectivity index (χ4v) is 2.15. The van der Waals surface area contributed by atoms with Crippen molar-refractivity contribution in [1.29, 1.82) is 0 Å². The Labute approximate surface area is 140 Å². The van der Waals surface area contributed by atoms with Gasteiger partial charge in [0.1, 0.15) is 11.5 Å². The van der Waals surface area contributed by atoms with Crippen molar-refractivity contribution in [1.82, 2.24) is 0 Å². The van der Waals surface area contributed by atoms with E-state index in [1.165, 1.54) is 13.2 Å². The summed E-state index contributed by atoms with van der Waals surface area (Å²) in [6.07, 6.45) is 3.15. The van der Waals surface area contributed by atoms with Gasteiger partial charge < -0.3 is 14.8 Å². The van der Waals surface area contributed by atoms with Crippen LogP contribution in [-0.4, -0.2) is 20.1 Å². The summed E-state index contributed by atoms with van der Waals surface area (Å²) in [5.41, 5.74) is 2.43. The Morgan fingerprint density at radius 1 is 1.13 bits per heavy atom. The predicted octanol–water partition coefficient (Wildman–Crippen LogP) is 4.32. The number of rotatable bonds is 5. The maximum Gasteiger partial charge on any atom is 0.248 e. The largest absolute Gasteiger partial charge is 0.497 e. The summed E-state index contributed by atoms with van der Waals surface area (Å²) in [5.74, 6) is 0.930. The van der Waals surface area contributed by atoms with Gasteiger partial charge in [-0.15, -0.1) is 0 Å². The van der Waals surface area contributed by atoms with Gasteiger partial charge >= 0.3 is 0 Å². The molecule has 2 aromatic rings. The maximum atomic E-state index is 12.0. The molecule has 0 aliphatic rings. The van der Waals surface area contributed by atoms with Gasteiger partial charge in [-0.1, -0.05) is 23.7 Å². The van der Waals surface area contributed by atoms with Gasteiger partial charge in [0.2, 0.25) is 5.91 Å². The average Bonchev–Trinajstić information content (AvgIpc) is 2.56. The number of ether oxygens (including phenoxy) is 2. The number of carbonyl (C=O) groups is 1. The van der Waals surface area contributed by atoms with Crippen molar-refractivity contribution in [2.75, 3.05) is 19.5 Å². The van der Waals surface area contributed by atoms with Crippen LogP contribution in [0.3, 0.4) is 0 Å². The summed E-state index contributed by atoms with van der Waals surface area (Å²) in [6.45, 7) is 1.93. The van der Waals surface area contributed by atoms with Gasteiger partial charge in [-0.05, 0) is 42.3 Å². The number of benzene rings is 2. The molecule has 0 radical (unpaired) electrons. The molecule has 0 fully saturated rings. The topological polar surface area (TPSA) is 47.6 Å². The average molecular weight is 332 g/mol. The molecule has 23 heavy (non-hydrogen) atoms.